The number of hydrogen-bond acceptors (Lipinski definition) is 4. The Bertz CT molecular complexity index is 675. The second-order valence-corrected chi connectivity index (χ2v) is 4.17. The van der Waals surface area contributed by atoms with E-state index in [1.54, 1.807) is 12.1 Å². The predicted molar refractivity (Wildman–Crippen MR) is 67.6 cm³/mol. The molecule has 1 aromatic carbocycles. The van der Waals surface area contributed by atoms with E-state index in [1.165, 1.54) is 4.57 Å². The molecule has 0 fully saturated rings. The number of aromatic nitrogens is 3. The summed E-state index contributed by atoms with van der Waals surface area (Å²) in [5, 5.41) is 15.1. The fraction of sp³-hybridized carbons (Fsp3) is 0.167. The summed E-state index contributed by atoms with van der Waals surface area (Å²) in [6.07, 6.45) is 0.0325. The lowest BCUT2D eigenvalue weighted by molar-refractivity contribution is 0.0955. The van der Waals surface area contributed by atoms with Crippen LogP contribution in [0.1, 0.15) is 21.7 Å². The highest BCUT2D eigenvalue weighted by molar-refractivity contribution is 7.71. The number of benzene rings is 1. The van der Waals surface area contributed by atoms with E-state index in [1.807, 2.05) is 25.1 Å². The Morgan fingerprint density at radius 3 is 2.78 bits per heavy atom. The number of rotatable bonds is 2. The van der Waals surface area contributed by atoms with Crippen molar-refractivity contribution in [3.8, 4) is 6.07 Å². The van der Waals surface area contributed by atoms with Crippen molar-refractivity contribution in [3.05, 3.63) is 46.0 Å². The molecule has 1 N–H and O–H groups in total. The van der Waals surface area contributed by atoms with Crippen LogP contribution >= 0.6 is 12.2 Å². The van der Waals surface area contributed by atoms with Crippen LogP contribution in [0.5, 0.6) is 0 Å². The predicted octanol–water partition coefficient (Wildman–Crippen LogP) is 2.00. The lowest BCUT2D eigenvalue weighted by Gasteiger charge is -2.03. The van der Waals surface area contributed by atoms with Crippen molar-refractivity contribution in [2.24, 2.45) is 0 Å². The first-order valence-corrected chi connectivity index (χ1v) is 5.69. The molecule has 0 unspecified atom stereocenters. The zero-order valence-electron chi connectivity index (χ0n) is 9.67. The maximum absolute atomic E-state index is 12.3. The number of nitrogens with zero attached hydrogens (tertiary/aromatic N) is 3. The molecule has 1 heterocycles. The van der Waals surface area contributed by atoms with E-state index in [-0.39, 0.29) is 17.1 Å². The summed E-state index contributed by atoms with van der Waals surface area (Å²) in [4.78, 5) is 12.3. The third-order valence-corrected chi connectivity index (χ3v) is 2.75. The average Bonchev–Trinajstić information content (AvgIpc) is 2.71. The number of aromatic amines is 1. The Kier molecular flexibility index (Phi) is 3.35. The minimum absolute atomic E-state index is 0.0325. The van der Waals surface area contributed by atoms with E-state index in [9.17, 15) is 4.79 Å². The molecule has 18 heavy (non-hydrogen) atoms. The van der Waals surface area contributed by atoms with Crippen LogP contribution in [0.4, 0.5) is 0 Å². The van der Waals surface area contributed by atoms with Crippen LogP contribution in [0, 0.1) is 23.0 Å². The number of nitriles is 1. The van der Waals surface area contributed by atoms with Crippen molar-refractivity contribution < 1.29 is 4.79 Å². The number of H-pyrrole nitrogens is 1. The molecule has 0 radical (unpaired) electrons. The van der Waals surface area contributed by atoms with Gasteiger partial charge in [-0.1, -0.05) is 17.7 Å². The Labute approximate surface area is 109 Å². The van der Waals surface area contributed by atoms with Crippen molar-refractivity contribution in [1.82, 2.24) is 14.8 Å². The lowest BCUT2D eigenvalue weighted by atomic mass is 10.1. The van der Waals surface area contributed by atoms with Gasteiger partial charge in [-0.2, -0.15) is 10.4 Å². The highest BCUT2D eigenvalue weighted by atomic mass is 32.1. The van der Waals surface area contributed by atoms with Gasteiger partial charge in [0.2, 0.25) is 4.77 Å². The minimum atomic E-state index is -0.279. The molecule has 5 nitrogen and oxygen atoms in total. The van der Waals surface area contributed by atoms with E-state index in [4.69, 9.17) is 17.5 Å². The molecule has 2 aromatic rings. The Morgan fingerprint density at radius 2 is 2.17 bits per heavy atom. The molecule has 0 aliphatic heterocycles. The van der Waals surface area contributed by atoms with E-state index < -0.39 is 0 Å². The minimum Gasteiger partial charge on any atom is -0.268 e. The van der Waals surface area contributed by atoms with Gasteiger partial charge in [-0.05, 0) is 31.3 Å². The van der Waals surface area contributed by atoms with Gasteiger partial charge in [0.1, 0.15) is 0 Å². The molecule has 0 amide bonds. The number of carbonyl (C=O) groups is 1. The standard InChI is InChI=1S/C12H10N4OS/c1-8-2-4-9(5-3-8)11(17)16-10(6-7-13)14-15-12(16)18/h2-5H,6H2,1H3,(H,15,18). The Hall–Kier alpha value is -2.26. The number of hydrogen-bond donors (Lipinski definition) is 1. The third-order valence-electron chi connectivity index (χ3n) is 2.48. The van der Waals surface area contributed by atoms with E-state index in [0.717, 1.165) is 5.56 Å². The van der Waals surface area contributed by atoms with Gasteiger partial charge >= 0.3 is 0 Å². The molecular formula is C12H10N4OS. The third kappa shape index (κ3) is 2.21. The number of carbonyl (C=O) groups excluding carboxylic acids is 1. The fourth-order valence-corrected chi connectivity index (χ4v) is 1.79. The van der Waals surface area contributed by atoms with Crippen LogP contribution in [0.25, 0.3) is 0 Å². The second kappa shape index (κ2) is 4.94. The maximum Gasteiger partial charge on any atom is 0.265 e. The Balaban J connectivity index is 2.46. The van der Waals surface area contributed by atoms with Crippen LogP contribution in [0.3, 0.4) is 0 Å². The summed E-state index contributed by atoms with van der Waals surface area (Å²) < 4.78 is 1.45. The smallest absolute Gasteiger partial charge is 0.265 e. The average molecular weight is 258 g/mol. The van der Waals surface area contributed by atoms with Crippen LogP contribution in [0.15, 0.2) is 24.3 Å². The van der Waals surface area contributed by atoms with E-state index in [2.05, 4.69) is 10.2 Å². The summed E-state index contributed by atoms with van der Waals surface area (Å²) in [6, 6.07) is 9.10. The summed E-state index contributed by atoms with van der Waals surface area (Å²) >= 11 is 5.00. The van der Waals surface area contributed by atoms with Crippen molar-refractivity contribution in [3.63, 3.8) is 0 Å². The van der Waals surface area contributed by atoms with Crippen LogP contribution < -0.4 is 0 Å². The highest BCUT2D eigenvalue weighted by Gasteiger charge is 2.15. The van der Waals surface area contributed by atoms with Gasteiger partial charge in [0.05, 0.1) is 12.5 Å². The molecule has 6 heteroatoms. The molecule has 1 aromatic heterocycles. The zero-order valence-corrected chi connectivity index (χ0v) is 10.5. The van der Waals surface area contributed by atoms with Crippen molar-refractivity contribution >= 4 is 18.1 Å². The second-order valence-electron chi connectivity index (χ2n) is 3.79. The molecule has 0 atom stereocenters. The van der Waals surface area contributed by atoms with Gasteiger partial charge < -0.3 is 0 Å². The molecular weight excluding hydrogens is 248 g/mol. The van der Waals surface area contributed by atoms with Gasteiger partial charge in [0.25, 0.3) is 5.91 Å². The van der Waals surface area contributed by atoms with E-state index >= 15 is 0 Å². The van der Waals surface area contributed by atoms with Gasteiger partial charge in [-0.3, -0.25) is 9.89 Å². The van der Waals surface area contributed by atoms with Gasteiger partial charge in [-0.15, -0.1) is 0 Å². The molecule has 2 rings (SSSR count). The van der Waals surface area contributed by atoms with Crippen LogP contribution in [-0.4, -0.2) is 20.7 Å². The van der Waals surface area contributed by atoms with E-state index in [0.29, 0.717) is 11.4 Å². The van der Waals surface area contributed by atoms with Crippen LogP contribution in [0.2, 0.25) is 0 Å². The van der Waals surface area contributed by atoms with Crippen LogP contribution in [-0.2, 0) is 6.42 Å². The summed E-state index contributed by atoms with van der Waals surface area (Å²) in [5.74, 6) is 0.0482. The maximum atomic E-state index is 12.3. The molecule has 0 aliphatic rings. The topological polar surface area (TPSA) is 74.5 Å². The first kappa shape index (κ1) is 12.2. The molecule has 0 spiro atoms. The Morgan fingerprint density at radius 1 is 1.50 bits per heavy atom. The highest BCUT2D eigenvalue weighted by Crippen LogP contribution is 2.08. The summed E-state index contributed by atoms with van der Waals surface area (Å²) in [6.45, 7) is 1.94. The largest absolute Gasteiger partial charge is 0.268 e. The van der Waals surface area contributed by atoms with Gasteiger partial charge in [0, 0.05) is 5.56 Å². The van der Waals surface area contributed by atoms with Gasteiger partial charge in [0.15, 0.2) is 5.82 Å². The summed E-state index contributed by atoms with van der Waals surface area (Å²) in [7, 11) is 0. The SMILES string of the molecule is Cc1ccc(C(=O)n2c(CC#N)n[nH]c2=S)cc1. The zero-order chi connectivity index (χ0) is 13.1. The normalized spacial score (nSPS) is 10.0. The fourth-order valence-electron chi connectivity index (χ4n) is 1.55. The lowest BCUT2D eigenvalue weighted by Crippen LogP contribution is -2.15. The van der Waals surface area contributed by atoms with Crippen molar-refractivity contribution in [2.45, 2.75) is 13.3 Å². The first-order valence-electron chi connectivity index (χ1n) is 5.28. The molecule has 0 saturated heterocycles. The molecule has 90 valence electrons. The van der Waals surface area contributed by atoms with Crippen molar-refractivity contribution in [2.75, 3.05) is 0 Å². The monoisotopic (exact) mass is 258 g/mol. The molecule has 0 bridgehead atoms. The van der Waals surface area contributed by atoms with Gasteiger partial charge in [-0.25, -0.2) is 4.57 Å². The number of aryl methyl sites for hydroxylation is 1. The number of nitrogens with one attached hydrogen (secondary N) is 1. The molecule has 0 aliphatic carbocycles. The van der Waals surface area contributed by atoms with Crippen molar-refractivity contribution in [1.29, 1.82) is 5.26 Å². The summed E-state index contributed by atoms with van der Waals surface area (Å²) in [5.41, 5.74) is 1.58. The first-order chi connectivity index (χ1) is 8.63. The quantitative estimate of drug-likeness (QED) is 0.836. The molecule has 0 saturated carbocycles.